The predicted octanol–water partition coefficient (Wildman–Crippen LogP) is 1.03. The minimum atomic E-state index is -0.196. The van der Waals surface area contributed by atoms with Crippen molar-refractivity contribution in [2.75, 3.05) is 33.3 Å². The first-order valence-corrected chi connectivity index (χ1v) is 7.25. The number of carbonyl (C=O) groups excluding carboxylic acids is 1. The molecule has 1 fully saturated rings. The van der Waals surface area contributed by atoms with Gasteiger partial charge in [-0.1, -0.05) is 6.92 Å². The number of hydrogen-bond acceptors (Lipinski definition) is 5. The van der Waals surface area contributed by atoms with Crippen LogP contribution in [-0.2, 0) is 14.3 Å². The van der Waals surface area contributed by atoms with Gasteiger partial charge in [0, 0.05) is 19.6 Å². The third-order valence-corrected chi connectivity index (χ3v) is 3.36. The van der Waals surface area contributed by atoms with Crippen LogP contribution < -0.4 is 5.32 Å². The van der Waals surface area contributed by atoms with E-state index in [0.29, 0.717) is 0 Å². The Hall–Kier alpha value is -0.650. The van der Waals surface area contributed by atoms with Crippen LogP contribution in [0.25, 0.3) is 0 Å². The van der Waals surface area contributed by atoms with E-state index in [-0.39, 0.29) is 24.2 Å². The first-order chi connectivity index (χ1) is 9.06. The van der Waals surface area contributed by atoms with Crippen molar-refractivity contribution < 1.29 is 14.3 Å². The molecule has 0 aliphatic carbocycles. The number of rotatable bonds is 7. The number of nitrogens with one attached hydrogen (secondary N) is 1. The highest BCUT2D eigenvalue weighted by molar-refractivity contribution is 5.75. The van der Waals surface area contributed by atoms with Crippen molar-refractivity contribution in [3.63, 3.8) is 0 Å². The van der Waals surface area contributed by atoms with Gasteiger partial charge in [-0.2, -0.15) is 0 Å². The first kappa shape index (κ1) is 16.4. The number of carbonyl (C=O) groups is 1. The number of hydrogen-bond donors (Lipinski definition) is 1. The van der Waals surface area contributed by atoms with Gasteiger partial charge in [-0.25, -0.2) is 0 Å². The molecule has 19 heavy (non-hydrogen) atoms. The lowest BCUT2D eigenvalue weighted by Crippen LogP contribution is -2.48. The largest absolute Gasteiger partial charge is 0.468 e. The maximum absolute atomic E-state index is 11.7. The Morgan fingerprint density at radius 3 is 2.58 bits per heavy atom. The van der Waals surface area contributed by atoms with E-state index in [1.807, 2.05) is 0 Å². The highest BCUT2D eigenvalue weighted by atomic mass is 16.5. The fourth-order valence-corrected chi connectivity index (χ4v) is 2.54. The summed E-state index contributed by atoms with van der Waals surface area (Å²) in [7, 11) is 1.45. The van der Waals surface area contributed by atoms with E-state index in [0.717, 1.165) is 39.0 Å². The lowest BCUT2D eigenvalue weighted by Gasteiger charge is -2.35. The zero-order valence-corrected chi connectivity index (χ0v) is 12.6. The SMILES string of the molecule is CCCNC(CCN1CC(C)OC(C)C1)C(=O)OC. The summed E-state index contributed by atoms with van der Waals surface area (Å²) < 4.78 is 10.6. The molecule has 0 amide bonds. The molecule has 0 saturated carbocycles. The molecule has 1 aliphatic heterocycles. The number of ether oxygens (including phenoxy) is 2. The van der Waals surface area contributed by atoms with Crippen LogP contribution in [-0.4, -0.2) is 62.4 Å². The summed E-state index contributed by atoms with van der Waals surface area (Å²) >= 11 is 0. The van der Waals surface area contributed by atoms with Crippen molar-refractivity contribution in [1.82, 2.24) is 10.2 Å². The molecule has 1 rings (SSSR count). The van der Waals surface area contributed by atoms with Crippen LogP contribution in [0.15, 0.2) is 0 Å². The molecule has 0 aromatic carbocycles. The molecule has 112 valence electrons. The molecule has 1 heterocycles. The molecular weight excluding hydrogens is 244 g/mol. The monoisotopic (exact) mass is 272 g/mol. The van der Waals surface area contributed by atoms with Gasteiger partial charge in [0.2, 0.25) is 0 Å². The smallest absolute Gasteiger partial charge is 0.322 e. The van der Waals surface area contributed by atoms with Crippen LogP contribution in [0.5, 0.6) is 0 Å². The van der Waals surface area contributed by atoms with Gasteiger partial charge >= 0.3 is 5.97 Å². The highest BCUT2D eigenvalue weighted by Gasteiger charge is 2.24. The molecule has 0 radical (unpaired) electrons. The summed E-state index contributed by atoms with van der Waals surface area (Å²) in [6, 6.07) is -0.196. The molecule has 0 spiro atoms. The molecule has 0 aromatic heterocycles. The number of nitrogens with zero attached hydrogens (tertiary/aromatic N) is 1. The van der Waals surface area contributed by atoms with Gasteiger partial charge in [-0.3, -0.25) is 9.69 Å². The van der Waals surface area contributed by atoms with Gasteiger partial charge < -0.3 is 14.8 Å². The Labute approximate surface area is 116 Å². The van der Waals surface area contributed by atoms with Gasteiger partial charge in [0.1, 0.15) is 6.04 Å². The molecule has 3 atom stereocenters. The Bertz CT molecular complexity index is 263. The van der Waals surface area contributed by atoms with E-state index in [4.69, 9.17) is 9.47 Å². The molecule has 5 heteroatoms. The van der Waals surface area contributed by atoms with Crippen LogP contribution in [0, 0.1) is 0 Å². The van der Waals surface area contributed by atoms with Crippen molar-refractivity contribution in [1.29, 1.82) is 0 Å². The fourth-order valence-electron chi connectivity index (χ4n) is 2.54. The van der Waals surface area contributed by atoms with Crippen LogP contribution in [0.4, 0.5) is 0 Å². The van der Waals surface area contributed by atoms with Crippen molar-refractivity contribution in [3.8, 4) is 0 Å². The number of morpholine rings is 1. The maximum atomic E-state index is 11.7. The molecule has 5 nitrogen and oxygen atoms in total. The minimum Gasteiger partial charge on any atom is -0.468 e. The summed E-state index contributed by atoms with van der Waals surface area (Å²) in [6.07, 6.45) is 2.33. The molecular formula is C14H28N2O3. The van der Waals surface area contributed by atoms with E-state index in [1.165, 1.54) is 7.11 Å². The van der Waals surface area contributed by atoms with Gasteiger partial charge in [0.05, 0.1) is 19.3 Å². The van der Waals surface area contributed by atoms with Crippen molar-refractivity contribution in [2.45, 2.75) is 51.9 Å². The Balaban J connectivity index is 2.39. The average Bonchev–Trinajstić information content (AvgIpc) is 2.37. The second kappa shape index (κ2) is 8.51. The van der Waals surface area contributed by atoms with Gasteiger partial charge in [-0.15, -0.1) is 0 Å². The second-order valence-electron chi connectivity index (χ2n) is 5.34. The zero-order chi connectivity index (χ0) is 14.3. The molecule has 1 aliphatic rings. The zero-order valence-electron chi connectivity index (χ0n) is 12.6. The summed E-state index contributed by atoms with van der Waals surface area (Å²) in [4.78, 5) is 14.1. The molecule has 0 bridgehead atoms. The topological polar surface area (TPSA) is 50.8 Å². The Kier molecular flexibility index (Phi) is 7.34. The predicted molar refractivity (Wildman–Crippen MR) is 75.2 cm³/mol. The quantitative estimate of drug-likeness (QED) is 0.702. The molecule has 1 N–H and O–H groups in total. The summed E-state index contributed by atoms with van der Waals surface area (Å²) in [6.45, 7) is 9.89. The number of esters is 1. The minimum absolute atomic E-state index is 0.164. The van der Waals surface area contributed by atoms with Crippen LogP contribution in [0.3, 0.4) is 0 Å². The van der Waals surface area contributed by atoms with E-state index >= 15 is 0 Å². The molecule has 0 aromatic rings. The van der Waals surface area contributed by atoms with Crippen molar-refractivity contribution in [3.05, 3.63) is 0 Å². The molecule has 3 unspecified atom stereocenters. The summed E-state index contributed by atoms with van der Waals surface area (Å²) in [5, 5.41) is 3.25. The van der Waals surface area contributed by atoms with Crippen molar-refractivity contribution in [2.24, 2.45) is 0 Å². The maximum Gasteiger partial charge on any atom is 0.322 e. The van der Waals surface area contributed by atoms with Gasteiger partial charge in [0.15, 0.2) is 0 Å². The first-order valence-electron chi connectivity index (χ1n) is 7.25. The van der Waals surface area contributed by atoms with Crippen LogP contribution >= 0.6 is 0 Å². The van der Waals surface area contributed by atoms with Crippen molar-refractivity contribution >= 4 is 5.97 Å². The van der Waals surface area contributed by atoms with E-state index < -0.39 is 0 Å². The van der Waals surface area contributed by atoms with Crippen LogP contribution in [0.2, 0.25) is 0 Å². The summed E-state index contributed by atoms with van der Waals surface area (Å²) in [5.41, 5.74) is 0. The van der Waals surface area contributed by atoms with Gasteiger partial charge in [-0.05, 0) is 33.2 Å². The Morgan fingerprint density at radius 1 is 1.42 bits per heavy atom. The molecule has 1 saturated heterocycles. The average molecular weight is 272 g/mol. The standard InChI is InChI=1S/C14H28N2O3/c1-5-7-15-13(14(17)18-4)6-8-16-9-11(2)19-12(3)10-16/h11-13,15H,5-10H2,1-4H3. The summed E-state index contributed by atoms with van der Waals surface area (Å²) in [5.74, 6) is -0.164. The fraction of sp³-hybridized carbons (Fsp3) is 0.929. The van der Waals surface area contributed by atoms with E-state index in [9.17, 15) is 4.79 Å². The third-order valence-electron chi connectivity index (χ3n) is 3.36. The third kappa shape index (κ3) is 5.89. The van der Waals surface area contributed by atoms with E-state index in [2.05, 4.69) is 31.0 Å². The van der Waals surface area contributed by atoms with Gasteiger partial charge in [0.25, 0.3) is 0 Å². The Morgan fingerprint density at radius 2 is 2.05 bits per heavy atom. The normalized spacial score (nSPS) is 26.1. The van der Waals surface area contributed by atoms with Crippen LogP contribution in [0.1, 0.15) is 33.6 Å². The second-order valence-corrected chi connectivity index (χ2v) is 5.34. The lowest BCUT2D eigenvalue weighted by molar-refractivity contribution is -0.143. The number of methoxy groups -OCH3 is 1. The lowest BCUT2D eigenvalue weighted by atomic mass is 10.1. The highest BCUT2D eigenvalue weighted by Crippen LogP contribution is 2.11. The van der Waals surface area contributed by atoms with E-state index in [1.54, 1.807) is 0 Å².